The van der Waals surface area contributed by atoms with E-state index in [1.165, 1.54) is 12.8 Å². The summed E-state index contributed by atoms with van der Waals surface area (Å²) in [7, 11) is 2.10. The lowest BCUT2D eigenvalue weighted by molar-refractivity contribution is 0.662. The topological polar surface area (TPSA) is 29.0 Å². The molecular weight excluding hydrogens is 266 g/mol. The molecule has 0 saturated heterocycles. The van der Waals surface area contributed by atoms with Gasteiger partial charge in [-0.1, -0.05) is 18.5 Å². The zero-order valence-corrected chi connectivity index (χ0v) is 12.8. The lowest BCUT2D eigenvalue weighted by atomic mass is 10.2. The molecule has 1 aromatic rings. The molecule has 5 heteroatoms. The van der Waals surface area contributed by atoms with Crippen molar-refractivity contribution < 1.29 is 0 Å². The number of nitrogens with zero attached hydrogens (tertiary/aromatic N) is 3. The van der Waals surface area contributed by atoms with Crippen molar-refractivity contribution in [2.75, 3.05) is 24.0 Å². The quantitative estimate of drug-likeness (QED) is 0.747. The molecule has 3 nitrogen and oxygen atoms in total. The maximum Gasteiger partial charge on any atom is 0.135 e. The van der Waals surface area contributed by atoms with Crippen LogP contribution in [0, 0.1) is 0 Å². The first-order chi connectivity index (χ1) is 8.65. The van der Waals surface area contributed by atoms with E-state index in [1.807, 2.05) is 17.8 Å². The maximum atomic E-state index is 6.11. The first-order valence-electron chi connectivity index (χ1n) is 6.42. The highest BCUT2D eigenvalue weighted by atomic mass is 35.5. The van der Waals surface area contributed by atoms with Crippen LogP contribution >= 0.6 is 23.4 Å². The summed E-state index contributed by atoms with van der Waals surface area (Å²) in [5, 5.41) is 0.563. The summed E-state index contributed by atoms with van der Waals surface area (Å²) in [6.07, 6.45) is 5.65. The van der Waals surface area contributed by atoms with Crippen LogP contribution < -0.4 is 4.90 Å². The Hall–Kier alpha value is -0.480. The molecule has 0 radical (unpaired) electrons. The van der Waals surface area contributed by atoms with Crippen molar-refractivity contribution in [3.63, 3.8) is 0 Å². The minimum absolute atomic E-state index is 0.498. The Kier molecular flexibility index (Phi) is 4.73. The van der Waals surface area contributed by atoms with Crippen molar-refractivity contribution in [2.45, 2.75) is 38.1 Å². The molecule has 2 rings (SSSR count). The molecule has 0 spiro atoms. The molecule has 1 saturated carbocycles. The molecule has 0 amide bonds. The molecule has 1 fully saturated rings. The van der Waals surface area contributed by atoms with Gasteiger partial charge in [0.25, 0.3) is 0 Å². The SMILES string of the molecule is CCC(CSC)N(C)c1cc(Cl)nc(C2CC2)n1. The van der Waals surface area contributed by atoms with Crippen molar-refractivity contribution >= 4 is 29.2 Å². The summed E-state index contributed by atoms with van der Waals surface area (Å²) in [4.78, 5) is 11.2. The van der Waals surface area contributed by atoms with Crippen LogP contribution in [0.1, 0.15) is 37.9 Å². The number of anilines is 1. The Morgan fingerprint density at radius 2 is 2.22 bits per heavy atom. The van der Waals surface area contributed by atoms with Gasteiger partial charge in [0.2, 0.25) is 0 Å². The van der Waals surface area contributed by atoms with Crippen LogP contribution in [0.3, 0.4) is 0 Å². The summed E-state index contributed by atoms with van der Waals surface area (Å²) >= 11 is 7.97. The van der Waals surface area contributed by atoms with Gasteiger partial charge in [0.1, 0.15) is 16.8 Å². The zero-order valence-electron chi connectivity index (χ0n) is 11.2. The van der Waals surface area contributed by atoms with Crippen LogP contribution in [0.5, 0.6) is 0 Å². The second kappa shape index (κ2) is 6.11. The van der Waals surface area contributed by atoms with Crippen LogP contribution in [0.25, 0.3) is 0 Å². The van der Waals surface area contributed by atoms with Gasteiger partial charge in [0.05, 0.1) is 0 Å². The number of hydrogen-bond acceptors (Lipinski definition) is 4. The van der Waals surface area contributed by atoms with Gasteiger partial charge in [-0.15, -0.1) is 0 Å². The van der Waals surface area contributed by atoms with Crippen LogP contribution in [0.4, 0.5) is 5.82 Å². The van der Waals surface area contributed by atoms with Crippen LogP contribution in [0.2, 0.25) is 5.15 Å². The van der Waals surface area contributed by atoms with Gasteiger partial charge in [0, 0.05) is 30.8 Å². The summed E-state index contributed by atoms with van der Waals surface area (Å²) in [6.45, 7) is 2.21. The molecule has 1 aliphatic rings. The molecule has 1 aliphatic carbocycles. The van der Waals surface area contributed by atoms with E-state index in [2.05, 4.69) is 35.1 Å². The number of halogens is 1. The fraction of sp³-hybridized carbons (Fsp3) is 0.692. The Labute approximate surface area is 118 Å². The molecule has 1 heterocycles. The minimum atomic E-state index is 0.498. The highest BCUT2D eigenvalue weighted by Crippen LogP contribution is 2.39. The minimum Gasteiger partial charge on any atom is -0.356 e. The highest BCUT2D eigenvalue weighted by molar-refractivity contribution is 7.98. The van der Waals surface area contributed by atoms with E-state index in [0.29, 0.717) is 17.1 Å². The van der Waals surface area contributed by atoms with E-state index in [4.69, 9.17) is 11.6 Å². The third kappa shape index (κ3) is 3.29. The molecule has 0 bridgehead atoms. The fourth-order valence-corrected chi connectivity index (χ4v) is 3.04. The lowest BCUT2D eigenvalue weighted by Gasteiger charge is -2.28. The lowest BCUT2D eigenvalue weighted by Crippen LogP contribution is -2.34. The first kappa shape index (κ1) is 13.9. The molecule has 0 N–H and O–H groups in total. The van der Waals surface area contributed by atoms with Gasteiger partial charge in [-0.2, -0.15) is 11.8 Å². The largest absolute Gasteiger partial charge is 0.356 e. The number of thioether (sulfide) groups is 1. The van der Waals surface area contributed by atoms with E-state index in [-0.39, 0.29) is 0 Å². The number of aromatic nitrogens is 2. The second-order valence-corrected chi connectivity index (χ2v) is 6.11. The monoisotopic (exact) mass is 285 g/mol. The molecular formula is C13H20ClN3S. The Bertz CT molecular complexity index is 409. The maximum absolute atomic E-state index is 6.11. The molecule has 0 aliphatic heterocycles. The molecule has 1 atom stereocenters. The van der Waals surface area contributed by atoms with Crippen molar-refractivity contribution in [1.29, 1.82) is 0 Å². The van der Waals surface area contributed by atoms with E-state index < -0.39 is 0 Å². The van der Waals surface area contributed by atoms with Crippen LogP contribution in [-0.4, -0.2) is 35.1 Å². The Morgan fingerprint density at radius 1 is 1.50 bits per heavy atom. The summed E-state index contributed by atoms with van der Waals surface area (Å²) in [5.41, 5.74) is 0. The average molecular weight is 286 g/mol. The molecule has 1 unspecified atom stereocenters. The smallest absolute Gasteiger partial charge is 0.135 e. The standard InChI is InChI=1S/C13H20ClN3S/c1-4-10(8-18-3)17(2)12-7-11(14)15-13(16-12)9-5-6-9/h7,9-10H,4-6,8H2,1-3H3. The first-order valence-corrected chi connectivity index (χ1v) is 8.19. The van der Waals surface area contributed by atoms with Gasteiger partial charge < -0.3 is 4.90 Å². The summed E-state index contributed by atoms with van der Waals surface area (Å²) < 4.78 is 0. The Balaban J connectivity index is 2.20. The van der Waals surface area contributed by atoms with E-state index in [9.17, 15) is 0 Å². The van der Waals surface area contributed by atoms with E-state index in [0.717, 1.165) is 23.8 Å². The molecule has 1 aromatic heterocycles. The van der Waals surface area contributed by atoms with Gasteiger partial charge in [-0.25, -0.2) is 9.97 Å². The van der Waals surface area contributed by atoms with Crippen molar-refractivity contribution in [1.82, 2.24) is 9.97 Å². The van der Waals surface area contributed by atoms with E-state index in [1.54, 1.807) is 0 Å². The van der Waals surface area contributed by atoms with Gasteiger partial charge >= 0.3 is 0 Å². The number of hydrogen-bond donors (Lipinski definition) is 0. The predicted molar refractivity (Wildman–Crippen MR) is 79.9 cm³/mol. The molecule has 100 valence electrons. The fourth-order valence-electron chi connectivity index (χ4n) is 2.01. The van der Waals surface area contributed by atoms with Crippen molar-refractivity contribution in [3.05, 3.63) is 17.0 Å². The van der Waals surface area contributed by atoms with Crippen LogP contribution in [0.15, 0.2) is 6.07 Å². The molecule has 18 heavy (non-hydrogen) atoms. The summed E-state index contributed by atoms with van der Waals surface area (Å²) in [6, 6.07) is 2.37. The van der Waals surface area contributed by atoms with Gasteiger partial charge in [-0.3, -0.25) is 0 Å². The predicted octanol–water partition coefficient (Wildman–Crippen LogP) is 3.59. The summed E-state index contributed by atoms with van der Waals surface area (Å²) in [5.74, 6) is 3.52. The van der Waals surface area contributed by atoms with Crippen molar-refractivity contribution in [3.8, 4) is 0 Å². The zero-order chi connectivity index (χ0) is 13.1. The normalized spacial score (nSPS) is 16.7. The third-order valence-corrected chi connectivity index (χ3v) is 4.29. The average Bonchev–Trinajstić information content (AvgIpc) is 3.18. The van der Waals surface area contributed by atoms with Crippen LogP contribution in [-0.2, 0) is 0 Å². The second-order valence-electron chi connectivity index (χ2n) is 4.81. The Morgan fingerprint density at radius 3 is 2.78 bits per heavy atom. The number of rotatable bonds is 6. The van der Waals surface area contributed by atoms with Gasteiger partial charge in [0.15, 0.2) is 0 Å². The van der Waals surface area contributed by atoms with E-state index >= 15 is 0 Å². The highest BCUT2D eigenvalue weighted by Gasteiger charge is 2.28. The third-order valence-electron chi connectivity index (χ3n) is 3.38. The van der Waals surface area contributed by atoms with Crippen molar-refractivity contribution in [2.24, 2.45) is 0 Å². The molecule has 0 aromatic carbocycles. The van der Waals surface area contributed by atoms with Gasteiger partial charge in [-0.05, 0) is 25.5 Å².